The van der Waals surface area contributed by atoms with Gasteiger partial charge in [-0.15, -0.1) is 0 Å². The van der Waals surface area contributed by atoms with Crippen molar-refractivity contribution in [1.82, 2.24) is 14.9 Å². The Morgan fingerprint density at radius 2 is 2.00 bits per heavy atom. The van der Waals surface area contributed by atoms with Crippen LogP contribution in [0.5, 0.6) is 0 Å². The Hall–Kier alpha value is -2.47. The molecule has 2 heterocycles. The van der Waals surface area contributed by atoms with Gasteiger partial charge >= 0.3 is 0 Å². The van der Waals surface area contributed by atoms with E-state index < -0.39 is 6.10 Å². The lowest BCUT2D eigenvalue weighted by atomic mass is 9.87. The SMILES string of the molecule is CN(CC(=O)N1CCC([C@@H](O)c2ccccc2)CC1)c1cnccn1. The maximum atomic E-state index is 12.5. The van der Waals surface area contributed by atoms with Gasteiger partial charge in [0.25, 0.3) is 0 Å². The number of amides is 1. The molecule has 1 amide bonds. The Morgan fingerprint density at radius 1 is 1.28 bits per heavy atom. The first-order chi connectivity index (χ1) is 12.1. The van der Waals surface area contributed by atoms with E-state index in [1.807, 2.05) is 42.3 Å². The minimum absolute atomic E-state index is 0.0841. The molecule has 0 saturated carbocycles. The first-order valence-electron chi connectivity index (χ1n) is 8.63. The number of hydrogen-bond acceptors (Lipinski definition) is 5. The highest BCUT2D eigenvalue weighted by atomic mass is 16.3. The van der Waals surface area contributed by atoms with Crippen molar-refractivity contribution < 1.29 is 9.90 Å². The van der Waals surface area contributed by atoms with Crippen LogP contribution in [-0.4, -0.2) is 52.6 Å². The second-order valence-electron chi connectivity index (χ2n) is 6.49. The van der Waals surface area contributed by atoms with Crippen LogP contribution in [0.2, 0.25) is 0 Å². The van der Waals surface area contributed by atoms with Crippen molar-refractivity contribution in [2.45, 2.75) is 18.9 Å². The van der Waals surface area contributed by atoms with Gasteiger partial charge in [0.2, 0.25) is 5.91 Å². The van der Waals surface area contributed by atoms with E-state index in [-0.39, 0.29) is 18.4 Å². The molecule has 1 fully saturated rings. The van der Waals surface area contributed by atoms with Gasteiger partial charge < -0.3 is 14.9 Å². The molecule has 1 aliphatic heterocycles. The molecule has 1 atom stereocenters. The topological polar surface area (TPSA) is 69.6 Å². The quantitative estimate of drug-likeness (QED) is 0.900. The summed E-state index contributed by atoms with van der Waals surface area (Å²) in [4.78, 5) is 24.4. The fourth-order valence-corrected chi connectivity index (χ4v) is 3.26. The molecule has 0 spiro atoms. The Kier molecular flexibility index (Phi) is 5.60. The third kappa shape index (κ3) is 4.33. The van der Waals surface area contributed by atoms with Gasteiger partial charge in [-0.05, 0) is 24.3 Å². The highest BCUT2D eigenvalue weighted by Gasteiger charge is 2.28. The molecule has 2 aromatic rings. The number of aliphatic hydroxyl groups is 1. The average molecular weight is 340 g/mol. The Bertz CT molecular complexity index is 672. The molecular formula is C19H24N4O2. The van der Waals surface area contributed by atoms with Crippen LogP contribution in [0.4, 0.5) is 5.82 Å². The van der Waals surface area contributed by atoms with E-state index in [9.17, 15) is 9.90 Å². The lowest BCUT2D eigenvalue weighted by molar-refractivity contribution is -0.131. The predicted octanol–water partition coefficient (Wildman–Crippen LogP) is 1.88. The highest BCUT2D eigenvalue weighted by Crippen LogP contribution is 2.30. The molecule has 6 heteroatoms. The summed E-state index contributed by atoms with van der Waals surface area (Å²) < 4.78 is 0. The van der Waals surface area contributed by atoms with Gasteiger partial charge in [0, 0.05) is 32.5 Å². The minimum atomic E-state index is -0.458. The van der Waals surface area contributed by atoms with E-state index in [2.05, 4.69) is 9.97 Å². The van der Waals surface area contributed by atoms with Crippen molar-refractivity contribution in [2.24, 2.45) is 5.92 Å². The zero-order valence-electron chi connectivity index (χ0n) is 14.5. The molecule has 1 N–H and O–H groups in total. The van der Waals surface area contributed by atoms with Crippen molar-refractivity contribution >= 4 is 11.7 Å². The van der Waals surface area contributed by atoms with Gasteiger partial charge in [0.1, 0.15) is 5.82 Å². The van der Waals surface area contributed by atoms with Crippen LogP contribution >= 0.6 is 0 Å². The molecule has 0 unspecified atom stereocenters. The molecule has 1 aliphatic rings. The molecule has 1 aromatic carbocycles. The number of rotatable bonds is 5. The molecule has 1 aromatic heterocycles. The number of carbonyl (C=O) groups is 1. The van der Waals surface area contributed by atoms with Gasteiger partial charge in [-0.25, -0.2) is 4.98 Å². The van der Waals surface area contributed by atoms with Gasteiger partial charge in [-0.2, -0.15) is 0 Å². The average Bonchev–Trinajstić information content (AvgIpc) is 2.69. The van der Waals surface area contributed by atoms with Crippen LogP contribution in [0.3, 0.4) is 0 Å². The zero-order chi connectivity index (χ0) is 17.6. The van der Waals surface area contributed by atoms with Crippen LogP contribution in [0, 0.1) is 5.92 Å². The maximum Gasteiger partial charge on any atom is 0.242 e. The fourth-order valence-electron chi connectivity index (χ4n) is 3.26. The lowest BCUT2D eigenvalue weighted by Crippen LogP contribution is -2.44. The van der Waals surface area contributed by atoms with E-state index >= 15 is 0 Å². The van der Waals surface area contributed by atoms with Gasteiger partial charge in [-0.1, -0.05) is 30.3 Å². The third-order valence-electron chi connectivity index (χ3n) is 4.79. The first-order valence-corrected chi connectivity index (χ1v) is 8.63. The highest BCUT2D eigenvalue weighted by molar-refractivity contribution is 5.81. The molecule has 132 valence electrons. The number of aromatic nitrogens is 2. The van der Waals surface area contributed by atoms with Crippen LogP contribution in [0.15, 0.2) is 48.9 Å². The second-order valence-corrected chi connectivity index (χ2v) is 6.49. The summed E-state index contributed by atoms with van der Waals surface area (Å²) in [5, 5.41) is 10.5. The van der Waals surface area contributed by atoms with Crippen molar-refractivity contribution in [1.29, 1.82) is 0 Å². The van der Waals surface area contributed by atoms with Gasteiger partial charge in [-0.3, -0.25) is 9.78 Å². The van der Waals surface area contributed by atoms with Crippen LogP contribution in [0.1, 0.15) is 24.5 Å². The Balaban J connectivity index is 1.51. The number of nitrogens with zero attached hydrogens (tertiary/aromatic N) is 4. The number of benzene rings is 1. The normalized spacial score (nSPS) is 16.5. The Morgan fingerprint density at radius 3 is 2.64 bits per heavy atom. The van der Waals surface area contributed by atoms with E-state index in [0.29, 0.717) is 18.9 Å². The summed E-state index contributed by atoms with van der Waals surface area (Å²) in [6, 6.07) is 9.75. The smallest absolute Gasteiger partial charge is 0.242 e. The molecule has 3 rings (SSSR count). The van der Waals surface area contributed by atoms with Crippen LogP contribution in [-0.2, 0) is 4.79 Å². The molecule has 25 heavy (non-hydrogen) atoms. The molecule has 6 nitrogen and oxygen atoms in total. The summed E-state index contributed by atoms with van der Waals surface area (Å²) in [6.45, 7) is 1.65. The Labute approximate surface area is 148 Å². The van der Waals surface area contributed by atoms with Crippen molar-refractivity contribution in [3.05, 3.63) is 54.5 Å². The van der Waals surface area contributed by atoms with E-state index in [4.69, 9.17) is 0 Å². The molecular weight excluding hydrogens is 316 g/mol. The lowest BCUT2D eigenvalue weighted by Gasteiger charge is -2.35. The number of hydrogen-bond donors (Lipinski definition) is 1. The fraction of sp³-hybridized carbons (Fsp3) is 0.421. The molecule has 0 aliphatic carbocycles. The van der Waals surface area contributed by atoms with Crippen molar-refractivity contribution in [2.75, 3.05) is 31.6 Å². The first kappa shape index (κ1) is 17.4. The largest absolute Gasteiger partial charge is 0.388 e. The summed E-state index contributed by atoms with van der Waals surface area (Å²) in [6.07, 6.45) is 6.05. The van der Waals surface area contributed by atoms with Gasteiger partial charge in [0.05, 0.1) is 18.8 Å². The summed E-state index contributed by atoms with van der Waals surface area (Å²) >= 11 is 0. The molecule has 1 saturated heterocycles. The van der Waals surface area contributed by atoms with Crippen molar-refractivity contribution in [3.8, 4) is 0 Å². The number of anilines is 1. The monoisotopic (exact) mass is 340 g/mol. The number of likely N-dealkylation sites (N-methyl/N-ethyl adjacent to an activating group) is 1. The second kappa shape index (κ2) is 8.07. The standard InChI is InChI=1S/C19H24N4O2/c1-22(17-13-20-9-10-21-17)14-18(24)23-11-7-16(8-12-23)19(25)15-5-3-2-4-6-15/h2-6,9-10,13,16,19,25H,7-8,11-12,14H2,1H3/t19-/m0/s1. The van der Waals surface area contributed by atoms with Crippen molar-refractivity contribution in [3.63, 3.8) is 0 Å². The maximum absolute atomic E-state index is 12.5. The summed E-state index contributed by atoms with van der Waals surface area (Å²) in [7, 11) is 1.84. The molecule has 0 radical (unpaired) electrons. The summed E-state index contributed by atoms with van der Waals surface area (Å²) in [5.74, 6) is 0.968. The van der Waals surface area contributed by atoms with Crippen LogP contribution < -0.4 is 4.90 Å². The zero-order valence-corrected chi connectivity index (χ0v) is 14.5. The number of aliphatic hydroxyl groups excluding tert-OH is 1. The predicted molar refractivity (Wildman–Crippen MR) is 96.0 cm³/mol. The van der Waals surface area contributed by atoms with Crippen LogP contribution in [0.25, 0.3) is 0 Å². The number of carbonyl (C=O) groups excluding carboxylic acids is 1. The summed E-state index contributed by atoms with van der Waals surface area (Å²) in [5.41, 5.74) is 0.953. The number of likely N-dealkylation sites (tertiary alicyclic amines) is 1. The van der Waals surface area contributed by atoms with Gasteiger partial charge in [0.15, 0.2) is 0 Å². The van der Waals surface area contributed by atoms with E-state index in [1.54, 1.807) is 23.5 Å². The minimum Gasteiger partial charge on any atom is -0.388 e. The third-order valence-corrected chi connectivity index (χ3v) is 4.79. The molecule has 0 bridgehead atoms. The van der Waals surface area contributed by atoms with E-state index in [1.165, 1.54) is 0 Å². The van der Waals surface area contributed by atoms with E-state index in [0.717, 1.165) is 18.4 Å². The number of piperidine rings is 1.